The summed E-state index contributed by atoms with van der Waals surface area (Å²) >= 11 is 0. The number of ether oxygens (including phenoxy) is 1. The first-order valence-electron chi connectivity index (χ1n) is 7.28. The molecule has 3 rings (SSSR count). The van der Waals surface area contributed by atoms with Gasteiger partial charge >= 0.3 is 13.5 Å². The zero-order valence-electron chi connectivity index (χ0n) is 13.1. The lowest BCUT2D eigenvalue weighted by Crippen LogP contribution is -2.31. The second-order valence-electron chi connectivity index (χ2n) is 5.56. The summed E-state index contributed by atoms with van der Waals surface area (Å²) in [6, 6.07) is 0.720. The van der Waals surface area contributed by atoms with Crippen molar-refractivity contribution in [3.63, 3.8) is 0 Å². The van der Waals surface area contributed by atoms with Crippen LogP contribution in [0, 0.1) is 6.92 Å². The minimum atomic E-state index is -4.68. The highest BCUT2D eigenvalue weighted by Gasteiger charge is 2.40. The molecule has 12 nitrogen and oxygen atoms in total. The lowest BCUT2D eigenvalue weighted by Gasteiger charge is -2.19. The van der Waals surface area contributed by atoms with E-state index in [0.29, 0.717) is 5.69 Å². The Bertz CT molecular complexity index is 915. The Morgan fingerprint density at radius 3 is 2.84 bits per heavy atom. The van der Waals surface area contributed by atoms with Crippen LogP contribution in [0.15, 0.2) is 28.0 Å². The van der Waals surface area contributed by atoms with Gasteiger partial charge in [0.1, 0.15) is 12.3 Å². The van der Waals surface area contributed by atoms with E-state index in [9.17, 15) is 14.2 Å². The molecule has 0 unspecified atom stereocenters. The number of aromatic amines is 1. The van der Waals surface area contributed by atoms with Gasteiger partial charge in [-0.05, 0) is 6.92 Å². The summed E-state index contributed by atoms with van der Waals surface area (Å²) in [4.78, 5) is 43.1. The van der Waals surface area contributed by atoms with Gasteiger partial charge in [-0.25, -0.2) is 14.0 Å². The number of rotatable bonds is 5. The van der Waals surface area contributed by atoms with Gasteiger partial charge in [0.25, 0.3) is 5.56 Å². The summed E-state index contributed by atoms with van der Waals surface area (Å²) in [6.07, 6.45) is 1.55. The molecule has 13 heteroatoms. The quantitative estimate of drug-likeness (QED) is 0.562. The Morgan fingerprint density at radius 1 is 1.48 bits per heavy atom. The second kappa shape index (κ2) is 6.65. The zero-order valence-corrected chi connectivity index (χ0v) is 13.9. The van der Waals surface area contributed by atoms with Crippen LogP contribution in [0.25, 0.3) is 0 Å². The van der Waals surface area contributed by atoms with Crippen LogP contribution in [0.1, 0.15) is 24.4 Å². The van der Waals surface area contributed by atoms with E-state index >= 15 is 0 Å². The molecule has 3 N–H and O–H groups in total. The molecule has 2 aromatic heterocycles. The first-order valence-corrected chi connectivity index (χ1v) is 8.81. The lowest BCUT2D eigenvalue weighted by atomic mass is 10.1. The highest BCUT2D eigenvalue weighted by atomic mass is 31.2. The predicted molar refractivity (Wildman–Crippen MR) is 81.6 cm³/mol. The van der Waals surface area contributed by atoms with Gasteiger partial charge in [-0.1, -0.05) is 5.21 Å². The number of H-pyrrole nitrogens is 1. The zero-order chi connectivity index (χ0) is 18.2. The van der Waals surface area contributed by atoms with Crippen LogP contribution < -0.4 is 11.2 Å². The summed E-state index contributed by atoms with van der Waals surface area (Å²) in [5.74, 6) is 0. The van der Waals surface area contributed by atoms with Gasteiger partial charge in [0.15, 0.2) is 0 Å². The fourth-order valence-electron chi connectivity index (χ4n) is 2.74. The van der Waals surface area contributed by atoms with Crippen molar-refractivity contribution in [2.24, 2.45) is 0 Å². The molecule has 3 atom stereocenters. The van der Waals surface area contributed by atoms with Crippen LogP contribution in [0.3, 0.4) is 0 Å². The van der Waals surface area contributed by atoms with Crippen molar-refractivity contribution in [1.82, 2.24) is 24.5 Å². The molecule has 25 heavy (non-hydrogen) atoms. The smallest absolute Gasteiger partial charge is 0.350 e. The molecule has 0 aromatic carbocycles. The molecule has 1 aliphatic heterocycles. The van der Waals surface area contributed by atoms with Crippen LogP contribution in [0.4, 0.5) is 0 Å². The summed E-state index contributed by atoms with van der Waals surface area (Å²) in [6.45, 7) is 1.36. The van der Waals surface area contributed by atoms with Crippen molar-refractivity contribution in [3.8, 4) is 0 Å². The van der Waals surface area contributed by atoms with Gasteiger partial charge in [-0.15, -0.1) is 5.10 Å². The maximum Gasteiger partial charge on any atom is 0.469 e. The maximum absolute atomic E-state index is 11.9. The third kappa shape index (κ3) is 3.94. The monoisotopic (exact) mass is 373 g/mol. The highest BCUT2D eigenvalue weighted by molar-refractivity contribution is 7.46. The average molecular weight is 373 g/mol. The number of nitrogens with one attached hydrogen (secondary N) is 1. The minimum Gasteiger partial charge on any atom is -0.350 e. The average Bonchev–Trinajstić information content (AvgIpc) is 3.10. The Kier molecular flexibility index (Phi) is 4.71. The molecule has 0 amide bonds. The fourth-order valence-corrected chi connectivity index (χ4v) is 3.08. The number of phosphoric ester groups is 1. The van der Waals surface area contributed by atoms with E-state index in [-0.39, 0.29) is 6.42 Å². The standard InChI is InChI=1S/C12H16N5O7P/c1-7-5-13-15-17(7)8-4-11(16-3-2-10(18)14-12(16)19)24-9(8)6-23-25(20,21)22/h2-3,5,8-9,11H,4,6H2,1H3,(H,14,18,19)(H2,20,21,22)/t8-,9+,11+/m0/s1. The van der Waals surface area contributed by atoms with Crippen molar-refractivity contribution in [2.45, 2.75) is 31.7 Å². The van der Waals surface area contributed by atoms with E-state index in [1.807, 2.05) is 0 Å². The van der Waals surface area contributed by atoms with Gasteiger partial charge in [-0.2, -0.15) is 0 Å². The summed E-state index contributed by atoms with van der Waals surface area (Å²) < 4.78 is 24.0. The van der Waals surface area contributed by atoms with Gasteiger partial charge in [0.2, 0.25) is 0 Å². The Morgan fingerprint density at radius 2 is 2.24 bits per heavy atom. The Labute approximate surface area is 140 Å². The van der Waals surface area contributed by atoms with E-state index < -0.39 is 44.1 Å². The van der Waals surface area contributed by atoms with E-state index in [1.165, 1.54) is 23.0 Å². The molecule has 3 heterocycles. The number of aromatic nitrogens is 5. The highest BCUT2D eigenvalue weighted by Crippen LogP contribution is 2.41. The molecule has 136 valence electrons. The number of hydrogen-bond donors (Lipinski definition) is 3. The molecular weight excluding hydrogens is 357 g/mol. The lowest BCUT2D eigenvalue weighted by molar-refractivity contribution is -0.0319. The maximum atomic E-state index is 11.9. The second-order valence-corrected chi connectivity index (χ2v) is 6.80. The summed E-state index contributed by atoms with van der Waals surface area (Å²) in [5.41, 5.74) is -0.475. The van der Waals surface area contributed by atoms with Crippen LogP contribution in [-0.4, -0.2) is 47.0 Å². The largest absolute Gasteiger partial charge is 0.469 e. The van der Waals surface area contributed by atoms with Gasteiger partial charge in [0, 0.05) is 18.7 Å². The first kappa shape index (κ1) is 17.7. The first-order chi connectivity index (χ1) is 11.7. The van der Waals surface area contributed by atoms with Gasteiger partial charge < -0.3 is 14.5 Å². The van der Waals surface area contributed by atoms with Gasteiger partial charge in [0.05, 0.1) is 24.5 Å². The molecule has 0 bridgehead atoms. The third-order valence-electron chi connectivity index (χ3n) is 3.84. The fraction of sp³-hybridized carbons (Fsp3) is 0.500. The molecule has 0 saturated carbocycles. The van der Waals surface area contributed by atoms with E-state index in [0.717, 1.165) is 0 Å². The van der Waals surface area contributed by atoms with Crippen LogP contribution in [0.2, 0.25) is 0 Å². The van der Waals surface area contributed by atoms with E-state index in [2.05, 4.69) is 19.8 Å². The molecule has 0 radical (unpaired) electrons. The molecule has 1 aliphatic rings. The normalized spacial score (nSPS) is 23.9. The van der Waals surface area contributed by atoms with Crippen LogP contribution in [0.5, 0.6) is 0 Å². The Hall–Kier alpha value is -2.11. The van der Waals surface area contributed by atoms with E-state index in [1.54, 1.807) is 11.6 Å². The molecule has 1 saturated heterocycles. The Balaban J connectivity index is 1.89. The molecule has 0 spiro atoms. The summed E-state index contributed by atoms with van der Waals surface area (Å²) in [5, 5.41) is 7.73. The van der Waals surface area contributed by atoms with Crippen LogP contribution in [-0.2, 0) is 13.8 Å². The summed E-state index contributed by atoms with van der Waals surface area (Å²) in [7, 11) is -4.68. The number of aryl methyl sites for hydroxylation is 1. The molecular formula is C12H16N5O7P. The SMILES string of the molecule is Cc1cnnn1[C@H]1C[C@H](n2ccc(=O)[nH]c2=O)O[C@@H]1COP(=O)(O)O. The van der Waals surface area contributed by atoms with Crippen molar-refractivity contribution in [1.29, 1.82) is 0 Å². The van der Waals surface area contributed by atoms with Crippen molar-refractivity contribution in [3.05, 3.63) is 45.0 Å². The number of hydrogen-bond acceptors (Lipinski definition) is 7. The predicted octanol–water partition coefficient (Wildman–Crippen LogP) is -0.925. The van der Waals surface area contributed by atoms with Crippen molar-refractivity contribution < 1.29 is 23.6 Å². The minimum absolute atomic E-state index is 0.269. The third-order valence-corrected chi connectivity index (χ3v) is 4.33. The van der Waals surface area contributed by atoms with Crippen molar-refractivity contribution in [2.75, 3.05) is 6.61 Å². The van der Waals surface area contributed by atoms with Gasteiger partial charge in [-0.3, -0.25) is 18.9 Å². The molecule has 2 aromatic rings. The van der Waals surface area contributed by atoms with Crippen LogP contribution >= 0.6 is 7.82 Å². The number of nitrogens with zero attached hydrogens (tertiary/aromatic N) is 4. The molecule has 1 fully saturated rings. The van der Waals surface area contributed by atoms with E-state index in [4.69, 9.17) is 14.5 Å². The molecule has 0 aliphatic carbocycles. The van der Waals surface area contributed by atoms with Crippen molar-refractivity contribution >= 4 is 7.82 Å². The number of phosphoric acid groups is 1. The topological polar surface area (TPSA) is 162 Å².